The summed E-state index contributed by atoms with van der Waals surface area (Å²) < 4.78 is 33.6. The van der Waals surface area contributed by atoms with Gasteiger partial charge in [-0.25, -0.2) is 8.42 Å². The number of amides is 1. The van der Waals surface area contributed by atoms with Gasteiger partial charge in [-0.2, -0.15) is 4.31 Å². The van der Waals surface area contributed by atoms with Crippen LogP contribution in [0.4, 0.5) is 5.69 Å². The van der Waals surface area contributed by atoms with Crippen molar-refractivity contribution in [2.45, 2.75) is 56.4 Å². The fourth-order valence-corrected chi connectivity index (χ4v) is 6.12. The molecule has 0 aliphatic carbocycles. The van der Waals surface area contributed by atoms with Crippen LogP contribution in [-0.4, -0.2) is 44.9 Å². The van der Waals surface area contributed by atoms with Crippen molar-refractivity contribution in [2.24, 2.45) is 0 Å². The van der Waals surface area contributed by atoms with Gasteiger partial charge in [0, 0.05) is 24.8 Å². The lowest BCUT2D eigenvalue weighted by Gasteiger charge is -2.35. The Morgan fingerprint density at radius 2 is 1.74 bits per heavy atom. The third-order valence-electron chi connectivity index (χ3n) is 6.35. The zero-order valence-corrected chi connectivity index (χ0v) is 19.0. The van der Waals surface area contributed by atoms with Crippen LogP contribution < -0.4 is 9.64 Å². The van der Waals surface area contributed by atoms with Crippen LogP contribution in [0.2, 0.25) is 0 Å². The second kappa shape index (κ2) is 9.01. The number of para-hydroxylation sites is 1. The van der Waals surface area contributed by atoms with E-state index < -0.39 is 10.0 Å². The maximum atomic E-state index is 13.7. The summed E-state index contributed by atoms with van der Waals surface area (Å²) in [4.78, 5) is 15.6. The van der Waals surface area contributed by atoms with Gasteiger partial charge in [0.15, 0.2) is 0 Å². The Kier molecular flexibility index (Phi) is 6.34. The molecule has 2 aromatic rings. The first-order valence-electron chi connectivity index (χ1n) is 11.0. The SMILES string of the molecule is COc1ccc(S(=O)(=O)N2CCCCCC2)cc1C(=O)N1c2ccccc2CCC1C. The number of rotatable bonds is 4. The normalized spacial score (nSPS) is 20.1. The van der Waals surface area contributed by atoms with Gasteiger partial charge >= 0.3 is 0 Å². The predicted molar refractivity (Wildman–Crippen MR) is 121 cm³/mol. The van der Waals surface area contributed by atoms with Crippen molar-refractivity contribution in [3.63, 3.8) is 0 Å². The average molecular weight is 443 g/mol. The van der Waals surface area contributed by atoms with Crippen LogP contribution in [-0.2, 0) is 16.4 Å². The quantitative estimate of drug-likeness (QED) is 0.710. The molecule has 0 saturated carbocycles. The van der Waals surface area contributed by atoms with E-state index in [-0.39, 0.29) is 22.4 Å². The maximum Gasteiger partial charge on any atom is 0.262 e. The molecule has 1 unspecified atom stereocenters. The summed E-state index contributed by atoms with van der Waals surface area (Å²) in [5.41, 5.74) is 2.29. The molecule has 4 rings (SSSR count). The summed E-state index contributed by atoms with van der Waals surface area (Å²) in [5, 5.41) is 0. The lowest BCUT2D eigenvalue weighted by Crippen LogP contribution is -2.42. The molecule has 2 aliphatic heterocycles. The molecule has 0 aromatic heterocycles. The molecule has 1 saturated heterocycles. The minimum atomic E-state index is -3.66. The first kappa shape index (κ1) is 21.8. The number of carbonyl (C=O) groups is 1. The standard InChI is InChI=1S/C24H30N2O4S/c1-18-11-12-19-9-5-6-10-22(19)26(18)24(27)21-17-20(13-14-23(21)30-2)31(28,29)25-15-7-3-4-8-16-25/h5-6,9-10,13-14,17-18H,3-4,7-8,11-12,15-16H2,1-2H3. The first-order valence-corrected chi connectivity index (χ1v) is 12.5. The van der Waals surface area contributed by atoms with Gasteiger partial charge in [-0.15, -0.1) is 0 Å². The van der Waals surface area contributed by atoms with Crippen LogP contribution in [0.15, 0.2) is 47.4 Å². The lowest BCUT2D eigenvalue weighted by atomic mass is 9.95. The third kappa shape index (κ3) is 4.21. The number of methoxy groups -OCH3 is 1. The smallest absolute Gasteiger partial charge is 0.262 e. The van der Waals surface area contributed by atoms with Crippen molar-refractivity contribution in [2.75, 3.05) is 25.1 Å². The van der Waals surface area contributed by atoms with Crippen molar-refractivity contribution in [3.8, 4) is 5.75 Å². The van der Waals surface area contributed by atoms with Gasteiger partial charge in [0.1, 0.15) is 5.75 Å². The zero-order chi connectivity index (χ0) is 22.0. The summed E-state index contributed by atoms with van der Waals surface area (Å²) in [6, 6.07) is 12.5. The minimum Gasteiger partial charge on any atom is -0.496 e. The average Bonchev–Trinajstić information content (AvgIpc) is 3.08. The summed E-state index contributed by atoms with van der Waals surface area (Å²) in [6.45, 7) is 3.07. The number of carbonyl (C=O) groups excluding carboxylic acids is 1. The molecule has 0 spiro atoms. The molecule has 0 N–H and O–H groups in total. The van der Waals surface area contributed by atoms with Gasteiger partial charge in [-0.1, -0.05) is 31.0 Å². The number of benzene rings is 2. The molecule has 2 aromatic carbocycles. The molecule has 2 aliphatic rings. The Hall–Kier alpha value is -2.38. The van der Waals surface area contributed by atoms with Gasteiger partial charge in [-0.05, 0) is 62.4 Å². The van der Waals surface area contributed by atoms with Crippen molar-refractivity contribution < 1.29 is 17.9 Å². The minimum absolute atomic E-state index is 0.0120. The van der Waals surface area contributed by atoms with Gasteiger partial charge in [0.2, 0.25) is 10.0 Å². The Labute approximate surface area is 184 Å². The molecule has 2 heterocycles. The van der Waals surface area contributed by atoms with Gasteiger partial charge in [0.05, 0.1) is 17.6 Å². The van der Waals surface area contributed by atoms with E-state index in [0.717, 1.165) is 49.8 Å². The second-order valence-electron chi connectivity index (χ2n) is 8.37. The van der Waals surface area contributed by atoms with Crippen molar-refractivity contribution in [1.82, 2.24) is 4.31 Å². The van der Waals surface area contributed by atoms with Crippen molar-refractivity contribution in [1.29, 1.82) is 0 Å². The zero-order valence-electron chi connectivity index (χ0n) is 18.2. The van der Waals surface area contributed by atoms with Crippen molar-refractivity contribution >= 4 is 21.6 Å². The Balaban J connectivity index is 1.74. The highest BCUT2D eigenvalue weighted by Crippen LogP contribution is 2.34. The van der Waals surface area contributed by atoms with E-state index in [9.17, 15) is 13.2 Å². The summed E-state index contributed by atoms with van der Waals surface area (Å²) in [5.74, 6) is 0.152. The number of hydrogen-bond acceptors (Lipinski definition) is 4. The molecule has 1 atom stereocenters. The molecular weight excluding hydrogens is 412 g/mol. The number of nitrogens with zero attached hydrogens (tertiary/aromatic N) is 2. The van der Waals surface area contributed by atoms with E-state index in [2.05, 4.69) is 0 Å². The molecule has 7 heteroatoms. The molecule has 6 nitrogen and oxygen atoms in total. The molecule has 0 bridgehead atoms. The van der Waals surface area contributed by atoms with Crippen LogP contribution in [0, 0.1) is 0 Å². The third-order valence-corrected chi connectivity index (χ3v) is 8.24. The van der Waals surface area contributed by atoms with Crippen LogP contribution in [0.3, 0.4) is 0 Å². The topological polar surface area (TPSA) is 66.9 Å². The number of aryl methyl sites for hydroxylation is 1. The van der Waals surface area contributed by atoms with E-state index >= 15 is 0 Å². The summed E-state index contributed by atoms with van der Waals surface area (Å²) >= 11 is 0. The van der Waals surface area contributed by atoms with Gasteiger partial charge in [-0.3, -0.25) is 4.79 Å². The van der Waals surface area contributed by atoms with E-state index in [1.807, 2.05) is 31.2 Å². The highest BCUT2D eigenvalue weighted by atomic mass is 32.2. The van der Waals surface area contributed by atoms with Crippen LogP contribution in [0.1, 0.15) is 54.9 Å². The van der Waals surface area contributed by atoms with E-state index in [4.69, 9.17) is 4.74 Å². The monoisotopic (exact) mass is 442 g/mol. The second-order valence-corrected chi connectivity index (χ2v) is 10.3. The number of ether oxygens (including phenoxy) is 1. The number of sulfonamides is 1. The van der Waals surface area contributed by atoms with E-state index in [1.165, 1.54) is 13.2 Å². The largest absolute Gasteiger partial charge is 0.496 e. The van der Waals surface area contributed by atoms with Crippen molar-refractivity contribution in [3.05, 3.63) is 53.6 Å². The number of hydrogen-bond donors (Lipinski definition) is 0. The van der Waals surface area contributed by atoms with E-state index in [1.54, 1.807) is 21.3 Å². The molecule has 31 heavy (non-hydrogen) atoms. The first-order chi connectivity index (χ1) is 14.9. The molecule has 1 fully saturated rings. The summed E-state index contributed by atoms with van der Waals surface area (Å²) in [7, 11) is -2.16. The van der Waals surface area contributed by atoms with Crippen LogP contribution in [0.25, 0.3) is 0 Å². The Morgan fingerprint density at radius 1 is 1.03 bits per heavy atom. The predicted octanol–water partition coefficient (Wildman–Crippen LogP) is 4.24. The highest BCUT2D eigenvalue weighted by molar-refractivity contribution is 7.89. The fraction of sp³-hybridized carbons (Fsp3) is 0.458. The van der Waals surface area contributed by atoms with Gasteiger partial charge < -0.3 is 9.64 Å². The molecule has 0 radical (unpaired) electrons. The highest BCUT2D eigenvalue weighted by Gasteiger charge is 2.32. The fourth-order valence-electron chi connectivity index (χ4n) is 4.57. The maximum absolute atomic E-state index is 13.7. The number of anilines is 1. The Bertz CT molecular complexity index is 1060. The van der Waals surface area contributed by atoms with Gasteiger partial charge in [0.25, 0.3) is 5.91 Å². The summed E-state index contributed by atoms with van der Waals surface area (Å²) in [6.07, 6.45) is 5.60. The lowest BCUT2D eigenvalue weighted by molar-refractivity contribution is 0.0972. The molecule has 166 valence electrons. The van der Waals surface area contributed by atoms with E-state index in [0.29, 0.717) is 18.8 Å². The number of fused-ring (bicyclic) bond motifs is 1. The van der Waals surface area contributed by atoms with Crippen LogP contribution in [0.5, 0.6) is 5.75 Å². The Morgan fingerprint density at radius 3 is 2.45 bits per heavy atom. The van der Waals surface area contributed by atoms with Crippen LogP contribution >= 0.6 is 0 Å². The molecular formula is C24H30N2O4S. The molecule has 1 amide bonds.